The Morgan fingerprint density at radius 3 is 2.75 bits per heavy atom. The van der Waals surface area contributed by atoms with Crippen LogP contribution in [0.4, 0.5) is 5.69 Å². The zero-order chi connectivity index (χ0) is 23.0. The highest BCUT2D eigenvalue weighted by Gasteiger charge is 2.33. The van der Waals surface area contributed by atoms with Crippen molar-refractivity contribution in [2.24, 2.45) is 5.73 Å². The number of hydrogen-bond acceptors (Lipinski definition) is 4. The first-order valence-electron chi connectivity index (χ1n) is 11.2. The number of aryl methyl sites for hydroxylation is 4. The van der Waals surface area contributed by atoms with Gasteiger partial charge in [-0.05, 0) is 62.8 Å². The number of carbonyl (C=O) groups excluding carboxylic acids is 2. The summed E-state index contributed by atoms with van der Waals surface area (Å²) in [5.74, 6) is -0.622. The second-order valence-electron chi connectivity index (χ2n) is 8.60. The number of benzene rings is 1. The first-order chi connectivity index (χ1) is 15.3. The maximum absolute atomic E-state index is 13.4. The van der Waals surface area contributed by atoms with E-state index in [1.807, 2.05) is 30.5 Å². The van der Waals surface area contributed by atoms with Gasteiger partial charge in [0.15, 0.2) is 5.65 Å². The molecule has 32 heavy (non-hydrogen) atoms. The fraction of sp³-hybridized carbons (Fsp3) is 0.400. The van der Waals surface area contributed by atoms with Gasteiger partial charge in [0, 0.05) is 25.0 Å². The fourth-order valence-corrected chi connectivity index (χ4v) is 4.62. The van der Waals surface area contributed by atoms with Crippen molar-refractivity contribution >= 4 is 23.1 Å². The fourth-order valence-electron chi connectivity index (χ4n) is 4.62. The second-order valence-corrected chi connectivity index (χ2v) is 8.60. The van der Waals surface area contributed by atoms with Gasteiger partial charge in [0.2, 0.25) is 5.91 Å². The van der Waals surface area contributed by atoms with E-state index in [0.29, 0.717) is 25.1 Å². The minimum absolute atomic E-state index is 0.174. The van der Waals surface area contributed by atoms with Crippen molar-refractivity contribution in [1.82, 2.24) is 14.3 Å². The molecular formula is C25H31N5O2. The molecule has 1 aliphatic rings. The molecular weight excluding hydrogens is 402 g/mol. The van der Waals surface area contributed by atoms with E-state index in [1.165, 1.54) is 16.7 Å². The summed E-state index contributed by atoms with van der Waals surface area (Å²) in [6.07, 6.45) is 4.17. The maximum atomic E-state index is 13.4. The van der Waals surface area contributed by atoms with Gasteiger partial charge >= 0.3 is 0 Å². The van der Waals surface area contributed by atoms with Gasteiger partial charge in [0.25, 0.3) is 5.91 Å². The van der Waals surface area contributed by atoms with Crippen molar-refractivity contribution in [2.45, 2.75) is 59.5 Å². The Morgan fingerprint density at radius 1 is 1.25 bits per heavy atom. The average molecular weight is 434 g/mol. The van der Waals surface area contributed by atoms with Gasteiger partial charge in [-0.1, -0.05) is 25.1 Å². The minimum Gasteiger partial charge on any atom is -0.378 e. The molecule has 0 radical (unpaired) electrons. The number of hydrogen-bond donors (Lipinski definition) is 2. The molecule has 0 unspecified atom stereocenters. The number of anilines is 1. The summed E-state index contributed by atoms with van der Waals surface area (Å²) in [4.78, 5) is 31.5. The van der Waals surface area contributed by atoms with Crippen LogP contribution in [0, 0.1) is 20.8 Å². The molecule has 0 saturated carbocycles. The van der Waals surface area contributed by atoms with Crippen LogP contribution in [0.25, 0.3) is 5.65 Å². The zero-order valence-corrected chi connectivity index (χ0v) is 19.2. The number of nitrogens with one attached hydrogen (secondary N) is 1. The molecule has 0 aliphatic carbocycles. The number of pyridine rings is 1. The van der Waals surface area contributed by atoms with Crippen LogP contribution in [0.5, 0.6) is 0 Å². The van der Waals surface area contributed by atoms with Crippen LogP contribution >= 0.6 is 0 Å². The SMILES string of the molecule is CCc1cccc(C)c1CNc1cc(C(=O)N2CCC[C@H]2C(N)=O)cn2c(C)c(C)nc12. The number of fused-ring (bicyclic) bond motifs is 1. The predicted molar refractivity (Wildman–Crippen MR) is 126 cm³/mol. The number of likely N-dealkylation sites (tertiary alicyclic amines) is 1. The molecule has 1 fully saturated rings. The molecule has 1 aliphatic heterocycles. The Hall–Kier alpha value is -3.35. The quantitative estimate of drug-likeness (QED) is 0.622. The van der Waals surface area contributed by atoms with Gasteiger partial charge in [-0.3, -0.25) is 9.59 Å². The van der Waals surface area contributed by atoms with Crippen LogP contribution in [0.15, 0.2) is 30.5 Å². The van der Waals surface area contributed by atoms with Gasteiger partial charge in [0.05, 0.1) is 16.9 Å². The predicted octanol–water partition coefficient (Wildman–Crippen LogP) is 3.52. The van der Waals surface area contributed by atoms with Crippen molar-refractivity contribution in [2.75, 3.05) is 11.9 Å². The van der Waals surface area contributed by atoms with E-state index in [4.69, 9.17) is 10.7 Å². The molecule has 7 heteroatoms. The van der Waals surface area contributed by atoms with Crippen LogP contribution in [-0.4, -0.2) is 38.7 Å². The smallest absolute Gasteiger partial charge is 0.256 e. The largest absolute Gasteiger partial charge is 0.378 e. The molecule has 3 aromatic rings. The van der Waals surface area contributed by atoms with E-state index < -0.39 is 11.9 Å². The first-order valence-corrected chi connectivity index (χ1v) is 11.2. The second kappa shape index (κ2) is 8.65. The zero-order valence-electron chi connectivity index (χ0n) is 19.2. The van der Waals surface area contributed by atoms with E-state index in [1.54, 1.807) is 4.90 Å². The molecule has 1 aromatic carbocycles. The molecule has 0 bridgehead atoms. The van der Waals surface area contributed by atoms with Crippen LogP contribution in [-0.2, 0) is 17.8 Å². The van der Waals surface area contributed by atoms with Gasteiger partial charge in [0.1, 0.15) is 6.04 Å². The van der Waals surface area contributed by atoms with Crippen molar-refractivity contribution in [3.63, 3.8) is 0 Å². The van der Waals surface area contributed by atoms with Crippen molar-refractivity contribution in [3.05, 3.63) is 64.1 Å². The monoisotopic (exact) mass is 433 g/mol. The van der Waals surface area contributed by atoms with Crippen LogP contribution in [0.1, 0.15) is 58.2 Å². The molecule has 1 atom stereocenters. The maximum Gasteiger partial charge on any atom is 0.256 e. The summed E-state index contributed by atoms with van der Waals surface area (Å²) in [7, 11) is 0. The van der Waals surface area contributed by atoms with Gasteiger partial charge in [-0.2, -0.15) is 0 Å². The van der Waals surface area contributed by atoms with E-state index >= 15 is 0 Å². The highest BCUT2D eigenvalue weighted by molar-refractivity contribution is 5.99. The molecule has 168 valence electrons. The van der Waals surface area contributed by atoms with Crippen LogP contribution < -0.4 is 11.1 Å². The lowest BCUT2D eigenvalue weighted by Crippen LogP contribution is -2.43. The Kier molecular flexibility index (Phi) is 5.91. The van der Waals surface area contributed by atoms with Crippen molar-refractivity contribution < 1.29 is 9.59 Å². The topological polar surface area (TPSA) is 92.7 Å². The van der Waals surface area contributed by atoms with Gasteiger partial charge in [-0.25, -0.2) is 4.98 Å². The third kappa shape index (κ3) is 3.83. The Balaban J connectivity index is 1.73. The number of nitrogens with zero attached hydrogens (tertiary/aromatic N) is 3. The van der Waals surface area contributed by atoms with Gasteiger partial charge < -0.3 is 20.4 Å². The minimum atomic E-state index is -0.542. The molecule has 3 N–H and O–H groups in total. The number of aromatic nitrogens is 2. The van der Waals surface area contributed by atoms with Gasteiger partial charge in [-0.15, -0.1) is 0 Å². The lowest BCUT2D eigenvalue weighted by molar-refractivity contribution is -0.121. The van der Waals surface area contributed by atoms with E-state index in [-0.39, 0.29) is 5.91 Å². The first kappa shape index (κ1) is 21.9. The highest BCUT2D eigenvalue weighted by atomic mass is 16.2. The van der Waals surface area contributed by atoms with E-state index in [9.17, 15) is 9.59 Å². The molecule has 1 saturated heterocycles. The van der Waals surface area contributed by atoms with Crippen LogP contribution in [0.3, 0.4) is 0 Å². The lowest BCUT2D eigenvalue weighted by Gasteiger charge is -2.23. The summed E-state index contributed by atoms with van der Waals surface area (Å²) in [5, 5.41) is 3.53. The van der Waals surface area contributed by atoms with E-state index in [0.717, 1.165) is 35.6 Å². The van der Waals surface area contributed by atoms with E-state index in [2.05, 4.69) is 37.4 Å². The Labute approximate surface area is 188 Å². The summed E-state index contributed by atoms with van der Waals surface area (Å²) >= 11 is 0. The number of imidazole rings is 1. The summed E-state index contributed by atoms with van der Waals surface area (Å²) in [5.41, 5.74) is 13.4. The normalized spacial score (nSPS) is 16.0. The molecule has 3 heterocycles. The van der Waals surface area contributed by atoms with Crippen molar-refractivity contribution in [3.8, 4) is 0 Å². The molecule has 2 amide bonds. The van der Waals surface area contributed by atoms with Crippen molar-refractivity contribution in [1.29, 1.82) is 0 Å². The number of rotatable bonds is 6. The summed E-state index contributed by atoms with van der Waals surface area (Å²) in [6.45, 7) is 9.41. The Bertz CT molecular complexity index is 1200. The molecule has 2 aromatic heterocycles. The third-order valence-electron chi connectivity index (χ3n) is 6.63. The summed E-state index contributed by atoms with van der Waals surface area (Å²) < 4.78 is 1.96. The Morgan fingerprint density at radius 2 is 2.03 bits per heavy atom. The highest BCUT2D eigenvalue weighted by Crippen LogP contribution is 2.26. The average Bonchev–Trinajstić information content (AvgIpc) is 3.37. The standard InChI is InChI=1S/C25H31N5O2/c1-5-18-9-6-8-15(2)20(18)13-27-21-12-19(14-30-17(4)16(3)28-24(21)30)25(32)29-11-7-10-22(29)23(26)31/h6,8-9,12,14,22,27H,5,7,10-11,13H2,1-4H3,(H2,26,31)/t22-/m0/s1. The molecule has 0 spiro atoms. The third-order valence-corrected chi connectivity index (χ3v) is 6.63. The number of carbonyl (C=O) groups is 2. The lowest BCUT2D eigenvalue weighted by atomic mass is 10.00. The van der Waals surface area contributed by atoms with Crippen LogP contribution in [0.2, 0.25) is 0 Å². The molecule has 7 nitrogen and oxygen atoms in total. The number of amides is 2. The number of primary amides is 1. The number of nitrogens with two attached hydrogens (primary N) is 1. The molecule has 4 rings (SSSR count). The summed E-state index contributed by atoms with van der Waals surface area (Å²) in [6, 6.07) is 7.67.